The molecule has 1 aliphatic heterocycles. The zero-order chi connectivity index (χ0) is 13.1. The van der Waals surface area contributed by atoms with Gasteiger partial charge in [0.1, 0.15) is 0 Å². The quantitative estimate of drug-likeness (QED) is 0.819. The normalized spacial score (nSPS) is 35.3. The molecule has 19 heavy (non-hydrogen) atoms. The molecule has 2 aliphatic carbocycles. The summed E-state index contributed by atoms with van der Waals surface area (Å²) < 4.78 is 0. The zero-order valence-corrected chi connectivity index (χ0v) is 12.0. The van der Waals surface area contributed by atoms with Crippen LogP contribution in [0.1, 0.15) is 57.8 Å². The number of fused-ring (bicyclic) bond motifs is 1. The highest BCUT2D eigenvalue weighted by atomic mass is 16.1. The van der Waals surface area contributed by atoms with Crippen LogP contribution in [0.15, 0.2) is 0 Å². The maximum Gasteiger partial charge on any atom is 0.220 e. The van der Waals surface area contributed by atoms with E-state index < -0.39 is 0 Å². The average molecular weight is 264 g/mol. The first-order valence-corrected chi connectivity index (χ1v) is 8.31. The lowest BCUT2D eigenvalue weighted by molar-refractivity contribution is -0.122. The van der Waals surface area contributed by atoms with Crippen molar-refractivity contribution in [3.8, 4) is 0 Å². The summed E-state index contributed by atoms with van der Waals surface area (Å²) in [7, 11) is 0. The summed E-state index contributed by atoms with van der Waals surface area (Å²) in [6.45, 7) is 2.37. The number of carbonyl (C=O) groups excluding carboxylic acids is 1. The first-order valence-electron chi connectivity index (χ1n) is 8.31. The largest absolute Gasteiger partial charge is 0.353 e. The Morgan fingerprint density at radius 3 is 2.68 bits per heavy atom. The third-order valence-corrected chi connectivity index (χ3v) is 5.57. The van der Waals surface area contributed by atoms with Gasteiger partial charge in [0.25, 0.3) is 0 Å². The second kappa shape index (κ2) is 6.25. The van der Waals surface area contributed by atoms with Crippen molar-refractivity contribution in [3.05, 3.63) is 0 Å². The van der Waals surface area contributed by atoms with E-state index >= 15 is 0 Å². The number of hydrogen-bond donors (Lipinski definition) is 2. The standard InChI is InChI=1S/C16H28N2O/c19-16(8-5-12-3-1-2-4-12)18-15-7-6-13-10-17-11-14(13)9-15/h12-15,17H,1-11H2,(H,18,19)/t13-,14+,15?/m0/s1. The van der Waals surface area contributed by atoms with E-state index in [1.807, 2.05) is 0 Å². The fourth-order valence-corrected chi connectivity index (χ4v) is 4.36. The molecule has 0 bridgehead atoms. The number of amides is 1. The highest BCUT2D eigenvalue weighted by Crippen LogP contribution is 2.33. The van der Waals surface area contributed by atoms with Gasteiger partial charge in [-0.1, -0.05) is 25.7 Å². The lowest BCUT2D eigenvalue weighted by atomic mass is 9.79. The molecule has 1 heterocycles. The van der Waals surface area contributed by atoms with Gasteiger partial charge < -0.3 is 10.6 Å². The molecule has 0 aromatic carbocycles. The first kappa shape index (κ1) is 13.4. The molecule has 1 unspecified atom stereocenters. The Bertz CT molecular complexity index is 312. The van der Waals surface area contributed by atoms with Gasteiger partial charge in [-0.25, -0.2) is 0 Å². The molecule has 1 saturated heterocycles. The zero-order valence-electron chi connectivity index (χ0n) is 12.0. The van der Waals surface area contributed by atoms with Crippen molar-refractivity contribution in [2.45, 2.75) is 63.8 Å². The van der Waals surface area contributed by atoms with Crippen molar-refractivity contribution in [1.29, 1.82) is 0 Å². The summed E-state index contributed by atoms with van der Waals surface area (Å²) in [6.07, 6.45) is 11.0. The highest BCUT2D eigenvalue weighted by Gasteiger charge is 2.34. The molecule has 0 radical (unpaired) electrons. The van der Waals surface area contributed by atoms with Gasteiger partial charge in [-0.2, -0.15) is 0 Å². The molecule has 0 spiro atoms. The summed E-state index contributed by atoms with van der Waals surface area (Å²) >= 11 is 0. The summed E-state index contributed by atoms with van der Waals surface area (Å²) in [5.41, 5.74) is 0. The van der Waals surface area contributed by atoms with Gasteiger partial charge in [-0.3, -0.25) is 4.79 Å². The lowest BCUT2D eigenvalue weighted by Crippen LogP contribution is -2.40. The molecule has 108 valence electrons. The van der Waals surface area contributed by atoms with Gasteiger partial charge in [0, 0.05) is 12.5 Å². The van der Waals surface area contributed by atoms with Crippen LogP contribution in [0.5, 0.6) is 0 Å². The molecular weight excluding hydrogens is 236 g/mol. The maximum absolute atomic E-state index is 12.0. The van der Waals surface area contributed by atoms with Gasteiger partial charge in [0.15, 0.2) is 0 Å². The lowest BCUT2D eigenvalue weighted by Gasteiger charge is -2.31. The molecule has 3 fully saturated rings. The average Bonchev–Trinajstić information content (AvgIpc) is 3.07. The maximum atomic E-state index is 12.0. The first-order chi connectivity index (χ1) is 9.31. The second-order valence-electron chi connectivity index (χ2n) is 6.95. The van der Waals surface area contributed by atoms with Gasteiger partial charge in [0.05, 0.1) is 0 Å². The Labute approximate surface area is 116 Å². The van der Waals surface area contributed by atoms with Gasteiger partial charge in [0.2, 0.25) is 5.91 Å². The van der Waals surface area contributed by atoms with Crippen LogP contribution < -0.4 is 10.6 Å². The van der Waals surface area contributed by atoms with Gasteiger partial charge >= 0.3 is 0 Å². The minimum Gasteiger partial charge on any atom is -0.353 e. The summed E-state index contributed by atoms with van der Waals surface area (Å²) in [5, 5.41) is 6.78. The number of nitrogens with one attached hydrogen (secondary N) is 2. The van der Waals surface area contributed by atoms with Gasteiger partial charge in [-0.15, -0.1) is 0 Å². The Morgan fingerprint density at radius 2 is 1.84 bits per heavy atom. The van der Waals surface area contributed by atoms with E-state index in [4.69, 9.17) is 0 Å². The van der Waals surface area contributed by atoms with Crippen molar-refractivity contribution in [2.75, 3.05) is 13.1 Å². The van der Waals surface area contributed by atoms with Crippen LogP contribution >= 0.6 is 0 Å². The van der Waals surface area contributed by atoms with Crippen LogP contribution in [0.4, 0.5) is 0 Å². The number of rotatable bonds is 4. The molecule has 3 atom stereocenters. The molecule has 2 saturated carbocycles. The van der Waals surface area contributed by atoms with Crippen LogP contribution in [0.25, 0.3) is 0 Å². The SMILES string of the molecule is O=C(CCC1CCCC1)NC1CC[C@H]2CNC[C@H]2C1. The number of hydrogen-bond acceptors (Lipinski definition) is 2. The summed E-state index contributed by atoms with van der Waals surface area (Å²) in [4.78, 5) is 12.0. The van der Waals surface area contributed by atoms with Crippen LogP contribution in [0.3, 0.4) is 0 Å². The van der Waals surface area contributed by atoms with Crippen LogP contribution in [0.2, 0.25) is 0 Å². The van der Waals surface area contributed by atoms with Crippen LogP contribution in [-0.4, -0.2) is 25.0 Å². The van der Waals surface area contributed by atoms with E-state index in [0.717, 1.165) is 30.6 Å². The van der Waals surface area contributed by atoms with E-state index in [0.29, 0.717) is 11.9 Å². The Kier molecular flexibility index (Phi) is 4.42. The third kappa shape index (κ3) is 3.50. The molecule has 0 aromatic rings. The Hall–Kier alpha value is -0.570. The summed E-state index contributed by atoms with van der Waals surface area (Å²) in [5.74, 6) is 2.84. The number of carbonyl (C=O) groups is 1. The molecule has 3 aliphatic rings. The van der Waals surface area contributed by atoms with E-state index in [-0.39, 0.29) is 0 Å². The molecule has 3 rings (SSSR count). The van der Waals surface area contributed by atoms with E-state index in [9.17, 15) is 4.79 Å². The minimum absolute atomic E-state index is 0.307. The minimum atomic E-state index is 0.307. The van der Waals surface area contributed by atoms with Crippen molar-refractivity contribution < 1.29 is 4.79 Å². The molecule has 0 aromatic heterocycles. The monoisotopic (exact) mass is 264 g/mol. The van der Waals surface area contributed by atoms with Crippen LogP contribution in [-0.2, 0) is 4.79 Å². The van der Waals surface area contributed by atoms with Gasteiger partial charge in [-0.05, 0) is 56.5 Å². The molecule has 3 nitrogen and oxygen atoms in total. The summed E-state index contributed by atoms with van der Waals surface area (Å²) in [6, 6.07) is 0.456. The topological polar surface area (TPSA) is 41.1 Å². The van der Waals surface area contributed by atoms with Crippen molar-refractivity contribution in [2.24, 2.45) is 17.8 Å². The van der Waals surface area contributed by atoms with E-state index in [1.54, 1.807) is 0 Å². The third-order valence-electron chi connectivity index (χ3n) is 5.57. The van der Waals surface area contributed by atoms with E-state index in [2.05, 4.69) is 10.6 Å². The smallest absolute Gasteiger partial charge is 0.220 e. The van der Waals surface area contributed by atoms with Crippen molar-refractivity contribution in [3.63, 3.8) is 0 Å². The Balaban J connectivity index is 1.37. The van der Waals surface area contributed by atoms with Crippen molar-refractivity contribution >= 4 is 5.91 Å². The van der Waals surface area contributed by atoms with E-state index in [1.165, 1.54) is 58.0 Å². The van der Waals surface area contributed by atoms with Crippen molar-refractivity contribution in [1.82, 2.24) is 10.6 Å². The predicted octanol–water partition coefficient (Wildman–Crippen LogP) is 2.46. The second-order valence-corrected chi connectivity index (χ2v) is 6.95. The Morgan fingerprint density at radius 1 is 1.05 bits per heavy atom. The molecular formula is C16H28N2O. The van der Waals surface area contributed by atoms with Crippen LogP contribution in [0, 0.1) is 17.8 Å². The molecule has 1 amide bonds. The fourth-order valence-electron chi connectivity index (χ4n) is 4.36. The highest BCUT2D eigenvalue weighted by molar-refractivity contribution is 5.76. The molecule has 3 heteroatoms. The predicted molar refractivity (Wildman–Crippen MR) is 76.8 cm³/mol. The molecule has 2 N–H and O–H groups in total. The fraction of sp³-hybridized carbons (Fsp3) is 0.938.